The lowest BCUT2D eigenvalue weighted by atomic mass is 9.93. The quantitative estimate of drug-likeness (QED) is 0.812. The normalized spacial score (nSPS) is 12.7. The van der Waals surface area contributed by atoms with Gasteiger partial charge in [-0.05, 0) is 26.0 Å². The molecule has 0 radical (unpaired) electrons. The van der Waals surface area contributed by atoms with Crippen molar-refractivity contribution in [2.45, 2.75) is 25.4 Å². The number of rotatable bonds is 3. The Bertz CT molecular complexity index is 327. The van der Waals surface area contributed by atoms with Crippen LogP contribution >= 0.6 is 0 Å². The molecular formula is C11H15F2NO. The van der Waals surface area contributed by atoms with Crippen LogP contribution < -0.4 is 5.32 Å². The highest BCUT2D eigenvalue weighted by Gasteiger charge is 2.46. The number of nitrogens with one attached hydrogen (secondary N) is 1. The van der Waals surface area contributed by atoms with Gasteiger partial charge in [0.25, 0.3) is 0 Å². The number of alkyl halides is 2. The molecule has 0 spiro atoms. The Kier molecular flexibility index (Phi) is 3.00. The molecule has 0 aliphatic heterocycles. The number of hydrogen-bond acceptors (Lipinski definition) is 2. The summed E-state index contributed by atoms with van der Waals surface area (Å²) in [5.74, 6) is -3.25. The molecule has 0 amide bonds. The highest BCUT2D eigenvalue weighted by molar-refractivity contribution is 5.45. The van der Waals surface area contributed by atoms with E-state index in [2.05, 4.69) is 5.32 Å². The van der Waals surface area contributed by atoms with Crippen LogP contribution in [0.2, 0.25) is 0 Å². The molecule has 0 aliphatic carbocycles. The molecule has 15 heavy (non-hydrogen) atoms. The molecule has 0 bridgehead atoms. The highest BCUT2D eigenvalue weighted by Crippen LogP contribution is 2.38. The number of halogens is 2. The molecule has 1 aromatic carbocycles. The van der Waals surface area contributed by atoms with E-state index < -0.39 is 11.5 Å². The van der Waals surface area contributed by atoms with Crippen LogP contribution in [0.1, 0.15) is 19.4 Å². The van der Waals surface area contributed by atoms with E-state index >= 15 is 0 Å². The van der Waals surface area contributed by atoms with Gasteiger partial charge >= 0.3 is 5.92 Å². The van der Waals surface area contributed by atoms with Gasteiger partial charge in [0.1, 0.15) is 5.60 Å². The lowest BCUT2D eigenvalue weighted by Crippen LogP contribution is -2.40. The van der Waals surface area contributed by atoms with E-state index in [1.54, 1.807) is 19.2 Å². The van der Waals surface area contributed by atoms with E-state index in [0.717, 1.165) is 19.5 Å². The predicted molar refractivity (Wildman–Crippen MR) is 56.2 cm³/mol. The minimum absolute atomic E-state index is 0.186. The van der Waals surface area contributed by atoms with Gasteiger partial charge in [-0.1, -0.05) is 12.1 Å². The van der Waals surface area contributed by atoms with Gasteiger partial charge in [0.05, 0.1) is 0 Å². The Labute approximate surface area is 87.9 Å². The van der Waals surface area contributed by atoms with Crippen molar-refractivity contribution in [2.24, 2.45) is 0 Å². The molecule has 0 fully saturated rings. The summed E-state index contributed by atoms with van der Waals surface area (Å²) in [5.41, 5.74) is -1.49. The lowest BCUT2D eigenvalue weighted by Gasteiger charge is -2.29. The summed E-state index contributed by atoms with van der Waals surface area (Å²) < 4.78 is 27.3. The van der Waals surface area contributed by atoms with Gasteiger partial charge in [0.2, 0.25) is 0 Å². The maximum absolute atomic E-state index is 13.6. The van der Waals surface area contributed by atoms with Crippen molar-refractivity contribution in [3.63, 3.8) is 0 Å². The van der Waals surface area contributed by atoms with Crippen LogP contribution in [-0.4, -0.2) is 17.8 Å². The van der Waals surface area contributed by atoms with Crippen LogP contribution in [-0.2, 0) is 5.92 Å². The molecule has 0 aliphatic rings. The monoisotopic (exact) mass is 215 g/mol. The molecule has 4 heteroatoms. The van der Waals surface area contributed by atoms with Gasteiger partial charge in [-0.2, -0.15) is 8.78 Å². The third-order valence-corrected chi connectivity index (χ3v) is 2.30. The Hall–Kier alpha value is -1.16. The highest BCUT2D eigenvalue weighted by atomic mass is 19.3. The summed E-state index contributed by atoms with van der Waals surface area (Å²) in [4.78, 5) is 0. The summed E-state index contributed by atoms with van der Waals surface area (Å²) >= 11 is 0. The van der Waals surface area contributed by atoms with Crippen LogP contribution in [0.5, 0.6) is 0 Å². The van der Waals surface area contributed by atoms with Gasteiger partial charge in [0, 0.05) is 18.3 Å². The second-order valence-corrected chi connectivity index (χ2v) is 3.96. The fourth-order valence-electron chi connectivity index (χ4n) is 1.20. The lowest BCUT2D eigenvalue weighted by molar-refractivity contribution is -0.168. The van der Waals surface area contributed by atoms with Crippen LogP contribution in [0.25, 0.3) is 0 Å². The van der Waals surface area contributed by atoms with Crippen LogP contribution in [0.4, 0.5) is 14.5 Å². The Balaban J connectivity index is 3.06. The Morgan fingerprint density at radius 3 is 1.93 bits per heavy atom. The van der Waals surface area contributed by atoms with E-state index in [9.17, 15) is 13.9 Å². The summed E-state index contributed by atoms with van der Waals surface area (Å²) in [7, 11) is 1.71. The first-order valence-electron chi connectivity index (χ1n) is 4.67. The minimum Gasteiger partial charge on any atom is -0.388 e. The van der Waals surface area contributed by atoms with Crippen LogP contribution in [0, 0.1) is 0 Å². The Morgan fingerprint density at radius 2 is 1.60 bits per heavy atom. The second-order valence-electron chi connectivity index (χ2n) is 3.96. The van der Waals surface area contributed by atoms with Crippen molar-refractivity contribution >= 4 is 5.69 Å². The molecule has 0 saturated heterocycles. The minimum atomic E-state index is -3.25. The van der Waals surface area contributed by atoms with Crippen LogP contribution in [0.15, 0.2) is 24.3 Å². The first-order valence-corrected chi connectivity index (χ1v) is 4.67. The molecular weight excluding hydrogens is 200 g/mol. The molecule has 2 N–H and O–H groups in total. The van der Waals surface area contributed by atoms with Gasteiger partial charge in [-0.3, -0.25) is 0 Å². The zero-order chi connectivity index (χ0) is 11.7. The maximum Gasteiger partial charge on any atom is 0.300 e. The van der Waals surface area contributed by atoms with Crippen molar-refractivity contribution in [1.82, 2.24) is 0 Å². The van der Waals surface area contributed by atoms with Crippen LogP contribution in [0.3, 0.4) is 0 Å². The average molecular weight is 215 g/mol. The summed E-state index contributed by atoms with van der Waals surface area (Å²) in [5, 5.41) is 12.2. The van der Waals surface area contributed by atoms with E-state index in [1.165, 1.54) is 12.1 Å². The topological polar surface area (TPSA) is 32.3 Å². The number of aliphatic hydroxyl groups is 1. The predicted octanol–water partition coefficient (Wildman–Crippen LogP) is 2.59. The van der Waals surface area contributed by atoms with E-state index in [0.29, 0.717) is 0 Å². The third-order valence-electron chi connectivity index (χ3n) is 2.30. The summed E-state index contributed by atoms with van der Waals surface area (Å²) in [6.07, 6.45) is 0. The Morgan fingerprint density at radius 1 is 1.13 bits per heavy atom. The summed E-state index contributed by atoms with van der Waals surface area (Å²) in [6.45, 7) is 2.19. The molecule has 0 saturated carbocycles. The number of benzene rings is 1. The second kappa shape index (κ2) is 3.77. The van der Waals surface area contributed by atoms with Gasteiger partial charge < -0.3 is 10.4 Å². The van der Waals surface area contributed by atoms with Crippen molar-refractivity contribution < 1.29 is 13.9 Å². The number of anilines is 1. The fourth-order valence-corrected chi connectivity index (χ4v) is 1.20. The first-order chi connectivity index (χ1) is 6.79. The maximum atomic E-state index is 13.6. The zero-order valence-corrected chi connectivity index (χ0v) is 9.01. The van der Waals surface area contributed by atoms with Gasteiger partial charge in [-0.15, -0.1) is 0 Å². The third kappa shape index (κ3) is 2.26. The molecule has 0 atom stereocenters. The van der Waals surface area contributed by atoms with Crippen molar-refractivity contribution in [2.75, 3.05) is 12.4 Å². The smallest absolute Gasteiger partial charge is 0.300 e. The number of hydrogen-bond donors (Lipinski definition) is 2. The molecule has 1 rings (SSSR count). The largest absolute Gasteiger partial charge is 0.388 e. The average Bonchev–Trinajstić information content (AvgIpc) is 2.16. The van der Waals surface area contributed by atoms with E-state index in [-0.39, 0.29) is 5.56 Å². The molecule has 0 heterocycles. The molecule has 84 valence electrons. The standard InChI is InChI=1S/C11H15F2NO/c1-10(2,15)11(12,13)8-4-6-9(14-3)7-5-8/h4-7,14-15H,1-3H3. The van der Waals surface area contributed by atoms with E-state index in [1.807, 2.05) is 0 Å². The van der Waals surface area contributed by atoms with Gasteiger partial charge in [0.15, 0.2) is 0 Å². The van der Waals surface area contributed by atoms with Crippen molar-refractivity contribution in [1.29, 1.82) is 0 Å². The van der Waals surface area contributed by atoms with Crippen molar-refractivity contribution in [3.05, 3.63) is 29.8 Å². The summed E-state index contributed by atoms with van der Waals surface area (Å²) in [6, 6.07) is 5.72. The SMILES string of the molecule is CNc1ccc(C(F)(F)C(C)(C)O)cc1. The molecule has 0 unspecified atom stereocenters. The molecule has 2 nitrogen and oxygen atoms in total. The zero-order valence-electron chi connectivity index (χ0n) is 9.01. The van der Waals surface area contributed by atoms with Gasteiger partial charge in [-0.25, -0.2) is 0 Å². The van der Waals surface area contributed by atoms with Crippen molar-refractivity contribution in [3.8, 4) is 0 Å². The molecule has 0 aromatic heterocycles. The molecule has 1 aromatic rings. The van der Waals surface area contributed by atoms with E-state index in [4.69, 9.17) is 0 Å². The fraction of sp³-hybridized carbons (Fsp3) is 0.455. The first kappa shape index (κ1) is 11.9.